The Morgan fingerprint density at radius 1 is 1.09 bits per heavy atom. The largest absolute Gasteiger partial charge is 0.468 e. The summed E-state index contributed by atoms with van der Waals surface area (Å²) >= 11 is 0.526. The van der Waals surface area contributed by atoms with Crippen LogP contribution in [-0.4, -0.2) is 80.2 Å². The fraction of sp³-hybridized carbons (Fsp3) is 0.684. The van der Waals surface area contributed by atoms with Crippen LogP contribution in [0.2, 0.25) is 0 Å². The summed E-state index contributed by atoms with van der Waals surface area (Å²) in [7, 11) is 2.98. The van der Waals surface area contributed by atoms with Gasteiger partial charge in [0.2, 0.25) is 17.7 Å². The Kier molecular flexibility index (Phi) is 19.0. The van der Waals surface area contributed by atoms with Crippen molar-refractivity contribution in [1.82, 2.24) is 16.0 Å². The standard InChI is InChI=1S/C19H32N4O8P2S/c1-4-31-19(28)13(21-15(24)7-5-6-10-33-32-3)8-9-16(25)22-14(12-34-23-29)18(27)20-11-17(26)30-2/h13-14,33H,3-12H2,1-2H3,(H,20,27)(H,21,24)(H,22,25). The Balaban J connectivity index is 4.85. The molecule has 0 heterocycles. The number of esters is 2. The van der Waals surface area contributed by atoms with Crippen LogP contribution < -0.4 is 16.0 Å². The van der Waals surface area contributed by atoms with Crippen LogP contribution in [0.25, 0.3) is 0 Å². The second-order valence-electron chi connectivity index (χ2n) is 6.72. The van der Waals surface area contributed by atoms with Crippen LogP contribution in [0.1, 0.15) is 39.0 Å². The molecule has 34 heavy (non-hydrogen) atoms. The van der Waals surface area contributed by atoms with Crippen molar-refractivity contribution in [3.8, 4) is 0 Å². The molecular formula is C19H32N4O8P2S. The highest BCUT2D eigenvalue weighted by Gasteiger charge is 2.25. The van der Waals surface area contributed by atoms with Gasteiger partial charge in [0, 0.05) is 35.1 Å². The number of nitrogens with one attached hydrogen (secondary N) is 3. The van der Waals surface area contributed by atoms with Crippen LogP contribution in [0.15, 0.2) is 4.58 Å². The van der Waals surface area contributed by atoms with Crippen molar-refractivity contribution >= 4 is 64.1 Å². The van der Waals surface area contributed by atoms with Gasteiger partial charge in [-0.05, 0) is 32.3 Å². The van der Waals surface area contributed by atoms with Crippen LogP contribution in [0.3, 0.4) is 0 Å². The van der Waals surface area contributed by atoms with Gasteiger partial charge < -0.3 is 25.4 Å². The molecule has 0 saturated heterocycles. The average molecular weight is 539 g/mol. The third kappa shape index (κ3) is 15.7. The minimum atomic E-state index is -1.14. The fourth-order valence-electron chi connectivity index (χ4n) is 2.51. The fourth-order valence-corrected chi connectivity index (χ4v) is 4.47. The van der Waals surface area contributed by atoms with E-state index in [9.17, 15) is 28.9 Å². The number of carbonyl (C=O) groups is 5. The van der Waals surface area contributed by atoms with Gasteiger partial charge in [0.25, 0.3) is 0 Å². The van der Waals surface area contributed by atoms with Gasteiger partial charge in [-0.1, -0.05) is 22.5 Å². The van der Waals surface area contributed by atoms with E-state index in [1.165, 1.54) is 0 Å². The molecular weight excluding hydrogens is 506 g/mol. The van der Waals surface area contributed by atoms with Crippen molar-refractivity contribution in [3.05, 3.63) is 4.91 Å². The molecule has 3 N–H and O–H groups in total. The van der Waals surface area contributed by atoms with Crippen LogP contribution in [-0.2, 0) is 33.4 Å². The van der Waals surface area contributed by atoms with E-state index in [2.05, 4.69) is 31.6 Å². The molecule has 12 nitrogen and oxygen atoms in total. The van der Waals surface area contributed by atoms with Crippen LogP contribution in [0, 0.1) is 4.91 Å². The molecule has 0 aliphatic rings. The number of amides is 3. The number of methoxy groups -OCH3 is 1. The van der Waals surface area contributed by atoms with E-state index in [1.807, 2.05) is 0 Å². The smallest absolute Gasteiger partial charge is 0.328 e. The van der Waals surface area contributed by atoms with Crippen molar-refractivity contribution in [2.75, 3.05) is 32.2 Å². The average Bonchev–Trinajstić information content (AvgIpc) is 2.82. The number of hydrogen-bond acceptors (Lipinski definition) is 10. The molecule has 3 amide bonds. The summed E-state index contributed by atoms with van der Waals surface area (Å²) in [6, 6.07) is -2.16. The predicted octanol–water partition coefficient (Wildman–Crippen LogP) is 1.15. The molecule has 0 saturated carbocycles. The third-order valence-electron chi connectivity index (χ3n) is 4.20. The van der Waals surface area contributed by atoms with E-state index in [-0.39, 0.29) is 37.5 Å². The van der Waals surface area contributed by atoms with Crippen LogP contribution in [0.4, 0.5) is 0 Å². The maximum absolute atomic E-state index is 12.4. The molecule has 3 unspecified atom stereocenters. The first kappa shape index (κ1) is 31.9. The second kappa shape index (κ2) is 20.3. The van der Waals surface area contributed by atoms with Gasteiger partial charge in [0.1, 0.15) is 18.6 Å². The molecule has 0 rings (SSSR count). The quantitative estimate of drug-likeness (QED) is 0.0718. The zero-order valence-electron chi connectivity index (χ0n) is 19.3. The molecule has 15 heteroatoms. The lowest BCUT2D eigenvalue weighted by Gasteiger charge is -2.19. The van der Waals surface area contributed by atoms with Gasteiger partial charge in [0.15, 0.2) is 0 Å². The number of rotatable bonds is 19. The van der Waals surface area contributed by atoms with Gasteiger partial charge >= 0.3 is 11.9 Å². The summed E-state index contributed by atoms with van der Waals surface area (Å²) in [4.78, 5) is 70.6. The highest BCUT2D eigenvalue weighted by molar-refractivity contribution is 8.10. The molecule has 0 aliphatic carbocycles. The van der Waals surface area contributed by atoms with Gasteiger partial charge in [-0.15, -0.1) is 4.91 Å². The Bertz CT molecular complexity index is 714. The molecule has 0 aromatic carbocycles. The number of nitroso groups, excluding NO2 is 1. The first-order valence-corrected chi connectivity index (χ1v) is 14.6. The van der Waals surface area contributed by atoms with E-state index in [4.69, 9.17) is 4.74 Å². The van der Waals surface area contributed by atoms with E-state index in [0.717, 1.165) is 35.9 Å². The maximum atomic E-state index is 12.4. The van der Waals surface area contributed by atoms with Gasteiger partial charge in [-0.25, -0.2) is 4.79 Å². The molecule has 0 fully saturated rings. The van der Waals surface area contributed by atoms with E-state index in [0.29, 0.717) is 18.4 Å². The number of nitrogens with zero attached hydrogens (tertiary/aromatic N) is 1. The SMILES string of the molecule is C=PPCCCCC(=O)NC(CCC(=O)NC(CSN=O)C(=O)NCC(=O)OC)C(=O)OCC. The topological polar surface area (TPSA) is 169 Å². The van der Waals surface area contributed by atoms with Crippen LogP contribution in [0.5, 0.6) is 0 Å². The second-order valence-corrected chi connectivity index (χ2v) is 10.5. The first-order chi connectivity index (χ1) is 16.3. The van der Waals surface area contributed by atoms with Crippen molar-refractivity contribution in [2.24, 2.45) is 4.58 Å². The molecule has 0 radical (unpaired) electrons. The van der Waals surface area contributed by atoms with Crippen molar-refractivity contribution in [3.63, 3.8) is 0 Å². The Morgan fingerprint density at radius 3 is 2.38 bits per heavy atom. The lowest BCUT2D eigenvalue weighted by molar-refractivity contribution is -0.147. The summed E-state index contributed by atoms with van der Waals surface area (Å²) < 4.78 is 12.0. The summed E-state index contributed by atoms with van der Waals surface area (Å²) in [6.07, 6.45) is 6.30. The molecule has 0 aliphatic heterocycles. The lowest BCUT2D eigenvalue weighted by atomic mass is 10.1. The van der Waals surface area contributed by atoms with Crippen LogP contribution >= 0.6 is 28.1 Å². The Morgan fingerprint density at radius 2 is 1.76 bits per heavy atom. The predicted molar refractivity (Wildman–Crippen MR) is 134 cm³/mol. The third-order valence-corrected chi connectivity index (χ3v) is 6.93. The Labute approximate surface area is 206 Å². The van der Waals surface area contributed by atoms with Gasteiger partial charge in [0.05, 0.1) is 13.7 Å². The highest BCUT2D eigenvalue weighted by Crippen LogP contribution is 2.26. The summed E-state index contributed by atoms with van der Waals surface area (Å²) in [5, 5.41) is 7.32. The van der Waals surface area contributed by atoms with Crippen molar-refractivity contribution < 1.29 is 33.4 Å². The number of ether oxygens (including phenoxy) is 2. The Hall–Kier alpha value is -2.10. The minimum Gasteiger partial charge on any atom is -0.468 e. The maximum Gasteiger partial charge on any atom is 0.328 e. The zero-order valence-corrected chi connectivity index (χ0v) is 22.0. The van der Waals surface area contributed by atoms with Crippen molar-refractivity contribution in [2.45, 2.75) is 51.1 Å². The van der Waals surface area contributed by atoms with Gasteiger partial charge in [-0.2, -0.15) is 0 Å². The summed E-state index contributed by atoms with van der Waals surface area (Å²) in [5.41, 5.74) is 0. The molecule has 192 valence electrons. The highest BCUT2D eigenvalue weighted by atomic mass is 32.2. The van der Waals surface area contributed by atoms with Crippen molar-refractivity contribution in [1.29, 1.82) is 0 Å². The molecule has 3 atom stereocenters. The molecule has 0 aromatic heterocycles. The van der Waals surface area contributed by atoms with E-state index >= 15 is 0 Å². The molecule has 0 spiro atoms. The number of unbranched alkanes of at least 4 members (excludes halogenated alkanes) is 1. The monoisotopic (exact) mass is 538 g/mol. The van der Waals surface area contributed by atoms with Gasteiger partial charge in [-0.3, -0.25) is 19.2 Å². The lowest BCUT2D eigenvalue weighted by Crippen LogP contribution is -2.50. The number of hydrogen-bond donors (Lipinski definition) is 3. The minimum absolute atomic E-state index is 0.0479. The zero-order chi connectivity index (χ0) is 25.8. The molecule has 0 bridgehead atoms. The molecule has 0 aromatic rings. The normalized spacial score (nSPS) is 12.5. The summed E-state index contributed by atoms with van der Waals surface area (Å²) in [5.74, 6) is -3.12. The first-order valence-electron chi connectivity index (χ1n) is 10.5. The van der Waals surface area contributed by atoms with E-state index < -0.39 is 42.4 Å². The van der Waals surface area contributed by atoms with E-state index in [1.54, 1.807) is 6.92 Å². The number of carbonyl (C=O) groups excluding carboxylic acids is 5. The summed E-state index contributed by atoms with van der Waals surface area (Å²) in [6.45, 7) is 1.33.